The average molecular weight is 1050 g/mol. The molecule has 0 atom stereocenters. The summed E-state index contributed by atoms with van der Waals surface area (Å²) in [5.74, 6) is -0.300. The number of imidazole rings is 1. The Kier molecular flexibility index (Phi) is 10.7. The van der Waals surface area contributed by atoms with Crippen LogP contribution in [0.1, 0.15) is 45.7 Å². The SMILES string of the molecule is C[Si](C)(C)c1nc2ccccc2n1-c1ccnc(-c2[c-]cc(F)cc2)c1.[2H]C([2H])([2H])c1cnc(-c2[c-]ccc3c2oc2cc(-c4ccccc4)ccc23)cc1-c1ccc(CC(C)(C)C)cc1C([2H])([2H])[2H].[Ir]. The molecule has 0 amide bonds. The minimum absolute atomic E-state index is 0. The molecule has 0 saturated heterocycles. The van der Waals surface area contributed by atoms with E-state index in [1.54, 1.807) is 36.5 Å². The van der Waals surface area contributed by atoms with Gasteiger partial charge in [-0.05, 0) is 100 Å². The van der Waals surface area contributed by atoms with Gasteiger partial charge in [-0.1, -0.05) is 136 Å². The van der Waals surface area contributed by atoms with Crippen molar-refractivity contribution in [1.82, 2.24) is 19.5 Å². The summed E-state index contributed by atoms with van der Waals surface area (Å²) in [7, 11) is -1.67. The van der Waals surface area contributed by atoms with Crippen LogP contribution < -0.4 is 5.45 Å². The number of rotatable bonds is 7. The van der Waals surface area contributed by atoms with Crippen molar-refractivity contribution >= 4 is 46.5 Å². The molecule has 10 rings (SSSR count). The van der Waals surface area contributed by atoms with E-state index in [9.17, 15) is 4.39 Å². The van der Waals surface area contributed by atoms with Crippen LogP contribution in [0.15, 0.2) is 156 Å². The standard InChI is InChI=1S/C36H32NO.C21H19FN3Si.Ir/c1-23-18-25(21-36(3,4)5)14-16-28(23)32-20-33(37-22-24(32)2)31-13-9-12-30-29-17-15-27(19-34(29)38-35(30)31)26-10-7-6-8-11-26;1-26(2,3)21-24-18-6-4-5-7-20(18)25(21)17-12-13-23-19(14-17)15-8-10-16(22)11-9-15;/h6-12,14-20,22H,21H2,1-5H3;4-8,10-14H,1-3H3;/q2*-1;/i1D3,2D3;;. The second-order valence-electron chi connectivity index (χ2n) is 18.3. The molecular weight excluding hydrogens is 996 g/mol. The number of nitrogens with zero attached hydrogens (tertiary/aromatic N) is 4. The van der Waals surface area contributed by atoms with Crippen LogP contribution in [0.2, 0.25) is 19.6 Å². The van der Waals surface area contributed by atoms with E-state index in [-0.39, 0.29) is 42.5 Å². The molecule has 65 heavy (non-hydrogen) atoms. The van der Waals surface area contributed by atoms with Gasteiger partial charge in [-0.15, -0.1) is 48.0 Å². The Morgan fingerprint density at radius 2 is 1.54 bits per heavy atom. The van der Waals surface area contributed by atoms with Crippen LogP contribution >= 0.6 is 0 Å². The maximum atomic E-state index is 13.2. The van der Waals surface area contributed by atoms with Gasteiger partial charge in [0.15, 0.2) is 0 Å². The molecule has 327 valence electrons. The molecule has 8 heteroatoms. The van der Waals surface area contributed by atoms with Crippen molar-refractivity contribution in [2.45, 2.75) is 60.5 Å². The molecule has 0 aliphatic rings. The zero-order valence-corrected chi connectivity index (χ0v) is 40.4. The molecule has 6 aromatic carbocycles. The Morgan fingerprint density at radius 1 is 0.738 bits per heavy atom. The van der Waals surface area contributed by atoms with Crippen LogP contribution in [0.25, 0.3) is 83.4 Å². The van der Waals surface area contributed by atoms with Crippen molar-refractivity contribution in [3.63, 3.8) is 0 Å². The van der Waals surface area contributed by atoms with Gasteiger partial charge >= 0.3 is 0 Å². The maximum absolute atomic E-state index is 13.2. The average Bonchev–Trinajstić information content (AvgIpc) is 3.91. The van der Waals surface area contributed by atoms with Crippen LogP contribution in [0.3, 0.4) is 0 Å². The van der Waals surface area contributed by atoms with E-state index >= 15 is 0 Å². The van der Waals surface area contributed by atoms with Crippen molar-refractivity contribution in [3.05, 3.63) is 187 Å². The van der Waals surface area contributed by atoms with E-state index in [2.05, 4.69) is 79.2 Å². The number of furan rings is 1. The topological polar surface area (TPSA) is 56.7 Å². The molecular formula is C57H51FIrN4OSi-2. The molecule has 0 saturated carbocycles. The first-order valence-corrected chi connectivity index (χ1v) is 24.8. The van der Waals surface area contributed by atoms with Gasteiger partial charge in [0.2, 0.25) is 0 Å². The van der Waals surface area contributed by atoms with Crippen LogP contribution in [-0.2, 0) is 26.5 Å². The molecule has 0 aliphatic heterocycles. The summed E-state index contributed by atoms with van der Waals surface area (Å²) in [6.07, 6.45) is 3.79. The Bertz CT molecular complexity index is 3540. The third kappa shape index (κ3) is 9.57. The first-order valence-electron chi connectivity index (χ1n) is 24.3. The number of aromatic nitrogens is 4. The summed E-state index contributed by atoms with van der Waals surface area (Å²) in [6, 6.07) is 49.7. The quantitative estimate of drug-likeness (QED) is 0.118. The van der Waals surface area contributed by atoms with Gasteiger partial charge in [0.25, 0.3) is 0 Å². The monoisotopic (exact) mass is 1050 g/mol. The molecule has 0 fully saturated rings. The van der Waals surface area contributed by atoms with Gasteiger partial charge in [0.05, 0.1) is 22.1 Å². The van der Waals surface area contributed by atoms with Crippen molar-refractivity contribution < 1.29 is 37.1 Å². The van der Waals surface area contributed by atoms with E-state index in [0.29, 0.717) is 40.0 Å². The van der Waals surface area contributed by atoms with E-state index in [1.807, 2.05) is 84.9 Å². The van der Waals surface area contributed by atoms with Crippen molar-refractivity contribution in [2.75, 3.05) is 0 Å². The third-order valence-electron chi connectivity index (χ3n) is 11.1. The van der Waals surface area contributed by atoms with E-state index < -0.39 is 21.8 Å². The zero-order valence-electron chi connectivity index (χ0n) is 43.0. The van der Waals surface area contributed by atoms with Crippen molar-refractivity contribution in [2.24, 2.45) is 5.41 Å². The number of hydrogen-bond donors (Lipinski definition) is 0. The Labute approximate surface area is 404 Å². The summed E-state index contributed by atoms with van der Waals surface area (Å²) in [5.41, 5.74) is 11.7. The van der Waals surface area contributed by atoms with Gasteiger partial charge in [-0.25, -0.2) is 4.98 Å². The fourth-order valence-electron chi connectivity index (χ4n) is 8.17. The van der Waals surface area contributed by atoms with Crippen LogP contribution in [0.5, 0.6) is 0 Å². The summed E-state index contributed by atoms with van der Waals surface area (Å²) in [6.45, 7) is 8.18. The largest absolute Gasteiger partial charge is 0.501 e. The minimum atomic E-state index is -2.51. The zero-order chi connectivity index (χ0) is 49.8. The first kappa shape index (κ1) is 38.0. The maximum Gasteiger partial charge on any atom is 0.123 e. The van der Waals surface area contributed by atoms with Gasteiger partial charge in [0.1, 0.15) is 13.7 Å². The minimum Gasteiger partial charge on any atom is -0.501 e. The number of para-hydroxylation sites is 2. The van der Waals surface area contributed by atoms with Crippen molar-refractivity contribution in [3.8, 4) is 50.5 Å². The number of benzene rings is 6. The van der Waals surface area contributed by atoms with Gasteiger partial charge in [-0.3, -0.25) is 4.39 Å². The predicted molar refractivity (Wildman–Crippen MR) is 265 cm³/mol. The molecule has 0 unspecified atom stereocenters. The number of pyridine rings is 2. The van der Waals surface area contributed by atoms with E-state index in [4.69, 9.17) is 17.6 Å². The van der Waals surface area contributed by atoms with Crippen molar-refractivity contribution in [1.29, 1.82) is 0 Å². The fourth-order valence-corrected chi connectivity index (χ4v) is 9.54. The normalized spacial score (nSPS) is 13.5. The van der Waals surface area contributed by atoms with Gasteiger partial charge in [0, 0.05) is 57.6 Å². The number of hydrogen-bond acceptors (Lipinski definition) is 4. The third-order valence-corrected chi connectivity index (χ3v) is 12.8. The molecule has 1 radical (unpaired) electrons. The summed E-state index contributed by atoms with van der Waals surface area (Å²) < 4.78 is 71.6. The van der Waals surface area contributed by atoms with E-state index in [1.165, 1.54) is 18.3 Å². The first-order chi connectivity index (χ1) is 33.1. The molecule has 4 aromatic heterocycles. The second-order valence-corrected chi connectivity index (χ2v) is 23.3. The van der Waals surface area contributed by atoms with Crippen LogP contribution in [-0.4, -0.2) is 27.6 Å². The fraction of sp³-hybridized carbons (Fsp3) is 0.175. The predicted octanol–water partition coefficient (Wildman–Crippen LogP) is 14.6. The number of aryl methyl sites for hydroxylation is 2. The molecule has 0 spiro atoms. The number of fused-ring (bicyclic) bond motifs is 4. The molecule has 0 aliphatic carbocycles. The molecule has 0 bridgehead atoms. The van der Waals surface area contributed by atoms with E-state index in [0.717, 1.165) is 60.9 Å². The van der Waals surface area contributed by atoms with Crippen LogP contribution in [0, 0.1) is 37.1 Å². The molecule has 5 nitrogen and oxygen atoms in total. The van der Waals surface area contributed by atoms with Crippen LogP contribution in [0.4, 0.5) is 4.39 Å². The summed E-state index contributed by atoms with van der Waals surface area (Å²) >= 11 is 0. The Balaban J connectivity index is 0.000000213. The number of halogens is 1. The molecule has 0 N–H and O–H groups in total. The summed E-state index contributed by atoms with van der Waals surface area (Å²) in [5, 5.41) is 1.82. The molecule has 10 aromatic rings. The second kappa shape index (κ2) is 18.3. The Morgan fingerprint density at radius 3 is 2.29 bits per heavy atom. The Hall–Kier alpha value is -6.31. The molecule has 4 heterocycles. The smallest absolute Gasteiger partial charge is 0.123 e. The van der Waals surface area contributed by atoms with Gasteiger partial charge < -0.3 is 19.0 Å². The summed E-state index contributed by atoms with van der Waals surface area (Å²) in [4.78, 5) is 13.9. The van der Waals surface area contributed by atoms with Gasteiger partial charge in [-0.2, -0.15) is 0 Å².